The molecule has 0 unspecified atom stereocenters. The van der Waals surface area contributed by atoms with Crippen molar-refractivity contribution in [1.82, 2.24) is 5.32 Å². The Morgan fingerprint density at radius 2 is 2.06 bits per heavy atom. The summed E-state index contributed by atoms with van der Waals surface area (Å²) in [5.74, 6) is 0.636. The summed E-state index contributed by atoms with van der Waals surface area (Å²) < 4.78 is 5.11. The molecule has 0 bridgehead atoms. The molecule has 1 aromatic heterocycles. The lowest BCUT2D eigenvalue weighted by molar-refractivity contribution is 0.0924. The highest BCUT2D eigenvalue weighted by Crippen LogP contribution is 2.18. The van der Waals surface area contributed by atoms with E-state index >= 15 is 0 Å². The summed E-state index contributed by atoms with van der Waals surface area (Å²) in [5.41, 5.74) is 6.45. The van der Waals surface area contributed by atoms with E-state index in [4.69, 9.17) is 10.2 Å². The van der Waals surface area contributed by atoms with Crippen molar-refractivity contribution in [1.29, 1.82) is 0 Å². The second-order valence-electron chi connectivity index (χ2n) is 4.48. The number of furan rings is 1. The SMILES string of the molecule is Cc1occc1C(=O)NC1CCC(N)CC1.Cl. The molecule has 2 rings (SSSR count). The van der Waals surface area contributed by atoms with Crippen molar-refractivity contribution in [3.8, 4) is 0 Å². The maximum atomic E-state index is 11.9. The van der Waals surface area contributed by atoms with Crippen molar-refractivity contribution in [2.75, 3.05) is 0 Å². The number of hydrogen-bond acceptors (Lipinski definition) is 3. The van der Waals surface area contributed by atoms with E-state index in [-0.39, 0.29) is 24.4 Å². The zero-order valence-corrected chi connectivity index (χ0v) is 10.8. The molecule has 1 heterocycles. The summed E-state index contributed by atoms with van der Waals surface area (Å²) in [6.45, 7) is 1.80. The van der Waals surface area contributed by atoms with E-state index in [9.17, 15) is 4.79 Å². The van der Waals surface area contributed by atoms with Crippen LogP contribution in [0, 0.1) is 6.92 Å². The molecular weight excluding hydrogens is 240 g/mol. The van der Waals surface area contributed by atoms with Crippen LogP contribution in [0.1, 0.15) is 41.8 Å². The maximum absolute atomic E-state index is 11.9. The van der Waals surface area contributed by atoms with Crippen LogP contribution in [0.5, 0.6) is 0 Å². The standard InChI is InChI=1S/C12H18N2O2.ClH/c1-8-11(6-7-16-8)12(15)14-10-4-2-9(13)3-5-10;/h6-7,9-10H,2-5,13H2,1H3,(H,14,15);1H. The van der Waals surface area contributed by atoms with Gasteiger partial charge in [0.25, 0.3) is 5.91 Å². The van der Waals surface area contributed by atoms with Crippen LogP contribution in [0.2, 0.25) is 0 Å². The average molecular weight is 259 g/mol. The monoisotopic (exact) mass is 258 g/mol. The van der Waals surface area contributed by atoms with Crippen molar-refractivity contribution in [3.63, 3.8) is 0 Å². The molecule has 1 aliphatic carbocycles. The number of nitrogens with one attached hydrogen (secondary N) is 1. The first-order valence-electron chi connectivity index (χ1n) is 5.77. The fourth-order valence-corrected chi connectivity index (χ4v) is 2.15. The average Bonchev–Trinajstić information content (AvgIpc) is 2.68. The Labute approximate surface area is 107 Å². The molecule has 17 heavy (non-hydrogen) atoms. The molecule has 0 aliphatic heterocycles. The molecule has 1 fully saturated rings. The summed E-state index contributed by atoms with van der Waals surface area (Å²) in [5, 5.41) is 3.03. The van der Waals surface area contributed by atoms with E-state index in [0.717, 1.165) is 25.7 Å². The van der Waals surface area contributed by atoms with Gasteiger partial charge in [-0.25, -0.2) is 0 Å². The van der Waals surface area contributed by atoms with Gasteiger partial charge in [-0.2, -0.15) is 0 Å². The number of rotatable bonds is 2. The molecule has 5 heteroatoms. The van der Waals surface area contributed by atoms with Gasteiger partial charge in [0.15, 0.2) is 0 Å². The van der Waals surface area contributed by atoms with Gasteiger partial charge in [0, 0.05) is 12.1 Å². The normalized spacial score (nSPS) is 23.9. The third kappa shape index (κ3) is 3.48. The molecular formula is C12H19ClN2O2. The third-order valence-corrected chi connectivity index (χ3v) is 3.21. The number of carbonyl (C=O) groups excluding carboxylic acids is 1. The van der Waals surface area contributed by atoms with Crippen LogP contribution < -0.4 is 11.1 Å². The highest BCUT2D eigenvalue weighted by molar-refractivity contribution is 5.95. The first-order chi connectivity index (χ1) is 7.66. The lowest BCUT2D eigenvalue weighted by Gasteiger charge is -2.26. The first-order valence-corrected chi connectivity index (χ1v) is 5.77. The summed E-state index contributed by atoms with van der Waals surface area (Å²) in [6.07, 6.45) is 5.49. The van der Waals surface area contributed by atoms with Gasteiger partial charge in [0.1, 0.15) is 5.76 Å². The van der Waals surface area contributed by atoms with Crippen LogP contribution in [-0.4, -0.2) is 18.0 Å². The van der Waals surface area contributed by atoms with Crippen LogP contribution in [0.3, 0.4) is 0 Å². The molecule has 1 aromatic rings. The van der Waals surface area contributed by atoms with Crippen molar-refractivity contribution in [2.24, 2.45) is 5.73 Å². The largest absolute Gasteiger partial charge is 0.469 e. The van der Waals surface area contributed by atoms with Gasteiger partial charge in [-0.15, -0.1) is 12.4 Å². The molecule has 0 saturated heterocycles. The summed E-state index contributed by atoms with van der Waals surface area (Å²) in [6, 6.07) is 2.28. The molecule has 4 nitrogen and oxygen atoms in total. The third-order valence-electron chi connectivity index (χ3n) is 3.21. The van der Waals surface area contributed by atoms with Gasteiger partial charge < -0.3 is 15.5 Å². The fraction of sp³-hybridized carbons (Fsp3) is 0.583. The predicted octanol–water partition coefficient (Wildman–Crippen LogP) is 2.01. The van der Waals surface area contributed by atoms with Crippen molar-refractivity contribution >= 4 is 18.3 Å². The Kier molecular flexibility index (Phi) is 5.02. The molecule has 0 radical (unpaired) electrons. The lowest BCUT2D eigenvalue weighted by Crippen LogP contribution is -2.40. The first kappa shape index (κ1) is 14.1. The molecule has 3 N–H and O–H groups in total. The van der Waals surface area contributed by atoms with E-state index in [1.807, 2.05) is 0 Å². The summed E-state index contributed by atoms with van der Waals surface area (Å²) >= 11 is 0. The number of hydrogen-bond donors (Lipinski definition) is 2. The number of halogens is 1. The minimum atomic E-state index is -0.0354. The molecule has 0 spiro atoms. The Morgan fingerprint density at radius 3 is 2.59 bits per heavy atom. The predicted molar refractivity (Wildman–Crippen MR) is 68.4 cm³/mol. The molecule has 1 aliphatic rings. The van der Waals surface area contributed by atoms with E-state index in [2.05, 4.69) is 5.32 Å². The van der Waals surface area contributed by atoms with Crippen LogP contribution in [0.25, 0.3) is 0 Å². The van der Waals surface area contributed by atoms with Gasteiger partial charge in [-0.05, 0) is 38.7 Å². The topological polar surface area (TPSA) is 68.3 Å². The van der Waals surface area contributed by atoms with Gasteiger partial charge in [-0.3, -0.25) is 4.79 Å². The van der Waals surface area contributed by atoms with E-state index < -0.39 is 0 Å². The van der Waals surface area contributed by atoms with Crippen LogP contribution >= 0.6 is 12.4 Å². The number of amides is 1. The smallest absolute Gasteiger partial charge is 0.255 e. The summed E-state index contributed by atoms with van der Waals surface area (Å²) in [7, 11) is 0. The van der Waals surface area contributed by atoms with Crippen molar-refractivity contribution in [3.05, 3.63) is 23.7 Å². The van der Waals surface area contributed by atoms with Crippen LogP contribution in [-0.2, 0) is 0 Å². The highest BCUT2D eigenvalue weighted by Gasteiger charge is 2.21. The minimum Gasteiger partial charge on any atom is -0.469 e. The zero-order valence-electron chi connectivity index (χ0n) is 9.94. The van der Waals surface area contributed by atoms with Gasteiger partial charge in [-0.1, -0.05) is 0 Å². The fourth-order valence-electron chi connectivity index (χ4n) is 2.15. The number of carbonyl (C=O) groups is 1. The molecule has 0 aromatic carbocycles. The Bertz CT molecular complexity index is 370. The minimum absolute atomic E-state index is 0. The van der Waals surface area contributed by atoms with Crippen LogP contribution in [0.4, 0.5) is 0 Å². The van der Waals surface area contributed by atoms with Gasteiger partial charge in [0.2, 0.25) is 0 Å². The second-order valence-corrected chi connectivity index (χ2v) is 4.48. The zero-order chi connectivity index (χ0) is 11.5. The van der Waals surface area contributed by atoms with E-state index in [1.165, 1.54) is 0 Å². The number of nitrogens with two attached hydrogens (primary N) is 1. The molecule has 1 saturated carbocycles. The Hall–Kier alpha value is -1.00. The van der Waals surface area contributed by atoms with E-state index in [0.29, 0.717) is 17.4 Å². The van der Waals surface area contributed by atoms with Crippen LogP contribution in [0.15, 0.2) is 16.7 Å². The van der Waals surface area contributed by atoms with Gasteiger partial charge in [0.05, 0.1) is 11.8 Å². The Balaban J connectivity index is 0.00000144. The summed E-state index contributed by atoms with van der Waals surface area (Å²) in [4.78, 5) is 11.9. The molecule has 1 amide bonds. The Morgan fingerprint density at radius 1 is 1.41 bits per heavy atom. The quantitative estimate of drug-likeness (QED) is 0.853. The molecule has 96 valence electrons. The maximum Gasteiger partial charge on any atom is 0.255 e. The lowest BCUT2D eigenvalue weighted by atomic mass is 9.91. The van der Waals surface area contributed by atoms with Crippen molar-refractivity contribution in [2.45, 2.75) is 44.7 Å². The highest BCUT2D eigenvalue weighted by atomic mass is 35.5. The molecule has 0 atom stereocenters. The second kappa shape index (κ2) is 6.07. The van der Waals surface area contributed by atoms with Gasteiger partial charge >= 0.3 is 0 Å². The number of aryl methyl sites for hydroxylation is 1. The van der Waals surface area contributed by atoms with Crippen molar-refractivity contribution < 1.29 is 9.21 Å². The van der Waals surface area contributed by atoms with E-state index in [1.54, 1.807) is 19.3 Å².